The first-order valence-electron chi connectivity index (χ1n) is 5.81. The van der Waals surface area contributed by atoms with E-state index in [1.807, 2.05) is 13.8 Å². The number of alkyl halides is 1. The average molecular weight is 328 g/mol. The van der Waals surface area contributed by atoms with E-state index in [9.17, 15) is 12.8 Å². The molecule has 0 aromatic heterocycles. The lowest BCUT2D eigenvalue weighted by atomic mass is 10.1. The molecule has 0 aliphatic rings. The largest absolute Gasteiger partial charge is 0.242 e. The molecule has 0 aliphatic carbocycles. The first kappa shape index (κ1) is 16.7. The quantitative estimate of drug-likeness (QED) is 0.814. The second-order valence-electron chi connectivity index (χ2n) is 4.65. The molecule has 1 aromatic rings. The fourth-order valence-corrected chi connectivity index (χ4v) is 3.67. The average Bonchev–Trinajstić information content (AvgIpc) is 2.29. The molecule has 108 valence electrons. The number of benzene rings is 1. The van der Waals surface area contributed by atoms with Crippen LogP contribution in [0.4, 0.5) is 4.39 Å². The van der Waals surface area contributed by atoms with Gasteiger partial charge in [-0.15, -0.1) is 11.6 Å². The van der Waals surface area contributed by atoms with Gasteiger partial charge in [0, 0.05) is 11.9 Å². The molecule has 1 unspecified atom stereocenters. The topological polar surface area (TPSA) is 46.2 Å². The Bertz CT molecular complexity index is 535. The molecule has 7 heteroatoms. The van der Waals surface area contributed by atoms with Gasteiger partial charge in [-0.3, -0.25) is 0 Å². The van der Waals surface area contributed by atoms with Crippen LogP contribution in [0, 0.1) is 11.7 Å². The summed E-state index contributed by atoms with van der Waals surface area (Å²) in [4.78, 5) is -0.275. The van der Waals surface area contributed by atoms with Gasteiger partial charge in [0.1, 0.15) is 10.7 Å². The van der Waals surface area contributed by atoms with Crippen LogP contribution in [0.3, 0.4) is 0 Å². The van der Waals surface area contributed by atoms with Crippen molar-refractivity contribution in [1.82, 2.24) is 4.72 Å². The Balaban J connectivity index is 2.79. The summed E-state index contributed by atoms with van der Waals surface area (Å²) >= 11 is 11.8. The Morgan fingerprint density at radius 1 is 1.37 bits per heavy atom. The van der Waals surface area contributed by atoms with E-state index in [4.69, 9.17) is 23.2 Å². The van der Waals surface area contributed by atoms with E-state index in [1.54, 1.807) is 0 Å². The Morgan fingerprint density at radius 2 is 2.00 bits per heavy atom. The minimum Gasteiger partial charge on any atom is -0.210 e. The lowest BCUT2D eigenvalue weighted by molar-refractivity contribution is 0.543. The molecule has 0 saturated heterocycles. The molecule has 3 nitrogen and oxygen atoms in total. The van der Waals surface area contributed by atoms with Gasteiger partial charge in [0.25, 0.3) is 0 Å². The molecule has 0 amide bonds. The molecule has 0 heterocycles. The van der Waals surface area contributed by atoms with E-state index >= 15 is 0 Å². The Morgan fingerprint density at radius 3 is 2.58 bits per heavy atom. The summed E-state index contributed by atoms with van der Waals surface area (Å²) in [5, 5.41) is -0.342. The van der Waals surface area contributed by atoms with Crippen LogP contribution in [-0.4, -0.2) is 20.3 Å². The third-order valence-corrected chi connectivity index (χ3v) is 4.64. The smallest absolute Gasteiger partial charge is 0.210 e. The van der Waals surface area contributed by atoms with Crippen molar-refractivity contribution in [3.63, 3.8) is 0 Å². The van der Waals surface area contributed by atoms with Crippen molar-refractivity contribution in [2.45, 2.75) is 30.5 Å². The molecular formula is C12H16Cl2FNO2S. The molecule has 0 fully saturated rings. The first-order chi connectivity index (χ1) is 8.72. The van der Waals surface area contributed by atoms with Gasteiger partial charge >= 0.3 is 0 Å². The summed E-state index contributed by atoms with van der Waals surface area (Å²) in [6, 6.07) is 3.19. The van der Waals surface area contributed by atoms with Crippen molar-refractivity contribution in [2.24, 2.45) is 5.92 Å². The zero-order chi connectivity index (χ0) is 14.6. The van der Waals surface area contributed by atoms with Gasteiger partial charge in [-0.05, 0) is 30.5 Å². The van der Waals surface area contributed by atoms with E-state index in [-0.39, 0.29) is 21.8 Å². The van der Waals surface area contributed by atoms with Gasteiger partial charge in [0.15, 0.2) is 0 Å². The molecule has 0 bridgehead atoms. The SMILES string of the molecule is CC(C)CC(Cl)CNS(=O)(=O)c1cc(F)ccc1Cl. The van der Waals surface area contributed by atoms with Crippen molar-refractivity contribution >= 4 is 33.2 Å². The molecular weight excluding hydrogens is 312 g/mol. The van der Waals surface area contributed by atoms with Crippen LogP contribution in [-0.2, 0) is 10.0 Å². The second kappa shape index (κ2) is 6.88. The third-order valence-electron chi connectivity index (χ3n) is 2.40. The van der Waals surface area contributed by atoms with E-state index in [2.05, 4.69) is 4.72 Å². The molecule has 1 aromatic carbocycles. The molecule has 19 heavy (non-hydrogen) atoms. The highest BCUT2D eigenvalue weighted by Gasteiger charge is 2.20. The highest BCUT2D eigenvalue weighted by molar-refractivity contribution is 7.89. The number of hydrogen-bond donors (Lipinski definition) is 1. The number of rotatable bonds is 6. The predicted octanol–water partition coefficient (Wildman–Crippen LogP) is 3.41. The summed E-state index contributed by atoms with van der Waals surface area (Å²) in [5.74, 6) is -0.292. The van der Waals surface area contributed by atoms with Gasteiger partial charge in [-0.2, -0.15) is 0 Å². The van der Waals surface area contributed by atoms with Crippen molar-refractivity contribution < 1.29 is 12.8 Å². The molecule has 1 atom stereocenters. The summed E-state index contributed by atoms with van der Waals surface area (Å²) in [7, 11) is -3.85. The van der Waals surface area contributed by atoms with Crippen LogP contribution in [0.15, 0.2) is 23.1 Å². The van der Waals surface area contributed by atoms with Crippen LogP contribution >= 0.6 is 23.2 Å². The maximum absolute atomic E-state index is 13.1. The normalized spacial score (nSPS) is 13.8. The zero-order valence-electron chi connectivity index (χ0n) is 10.7. The summed E-state index contributed by atoms with van der Waals surface area (Å²) < 4.78 is 39.4. The summed E-state index contributed by atoms with van der Waals surface area (Å²) in [6.45, 7) is 4.07. The zero-order valence-corrected chi connectivity index (χ0v) is 13.0. The number of halogens is 3. The van der Waals surface area contributed by atoms with E-state index in [1.165, 1.54) is 6.07 Å². The minimum atomic E-state index is -3.85. The monoisotopic (exact) mass is 327 g/mol. The van der Waals surface area contributed by atoms with Crippen molar-refractivity contribution in [1.29, 1.82) is 0 Å². The third kappa shape index (κ3) is 5.26. The maximum atomic E-state index is 13.1. The van der Waals surface area contributed by atoms with E-state index in [0.29, 0.717) is 12.3 Å². The van der Waals surface area contributed by atoms with Crippen molar-refractivity contribution in [3.05, 3.63) is 29.0 Å². The van der Waals surface area contributed by atoms with Crippen molar-refractivity contribution in [2.75, 3.05) is 6.54 Å². The van der Waals surface area contributed by atoms with E-state index < -0.39 is 15.8 Å². The van der Waals surface area contributed by atoms with Crippen LogP contribution in [0.25, 0.3) is 0 Å². The molecule has 0 spiro atoms. The fourth-order valence-electron chi connectivity index (χ4n) is 1.56. The van der Waals surface area contributed by atoms with Crippen LogP contribution in [0.5, 0.6) is 0 Å². The van der Waals surface area contributed by atoms with Crippen LogP contribution in [0.1, 0.15) is 20.3 Å². The van der Waals surface area contributed by atoms with Gasteiger partial charge in [-0.1, -0.05) is 25.4 Å². The van der Waals surface area contributed by atoms with Gasteiger partial charge in [0.05, 0.1) is 5.02 Å². The standard InChI is InChI=1S/C12H16Cl2FNO2S/c1-8(2)5-9(13)7-16-19(17,18)12-6-10(15)3-4-11(12)14/h3-4,6,8-9,16H,5,7H2,1-2H3. The van der Waals surface area contributed by atoms with Crippen LogP contribution < -0.4 is 4.72 Å². The number of nitrogens with one attached hydrogen (secondary N) is 1. The fraction of sp³-hybridized carbons (Fsp3) is 0.500. The number of hydrogen-bond acceptors (Lipinski definition) is 2. The molecule has 0 aliphatic heterocycles. The Labute approximate surface area is 123 Å². The van der Waals surface area contributed by atoms with Crippen LogP contribution in [0.2, 0.25) is 5.02 Å². The predicted molar refractivity (Wildman–Crippen MR) is 75.7 cm³/mol. The minimum absolute atomic E-state index is 0.0242. The maximum Gasteiger partial charge on any atom is 0.242 e. The van der Waals surface area contributed by atoms with Gasteiger partial charge in [-0.25, -0.2) is 17.5 Å². The van der Waals surface area contributed by atoms with Crippen molar-refractivity contribution in [3.8, 4) is 0 Å². The van der Waals surface area contributed by atoms with Gasteiger partial charge in [0.2, 0.25) is 10.0 Å². The highest BCUT2D eigenvalue weighted by Crippen LogP contribution is 2.22. The lowest BCUT2D eigenvalue weighted by Crippen LogP contribution is -2.30. The van der Waals surface area contributed by atoms with E-state index in [0.717, 1.165) is 12.1 Å². The molecule has 1 rings (SSSR count). The molecule has 1 N–H and O–H groups in total. The molecule has 0 saturated carbocycles. The molecule has 0 radical (unpaired) electrons. The summed E-state index contributed by atoms with van der Waals surface area (Å²) in [5.41, 5.74) is 0. The highest BCUT2D eigenvalue weighted by atomic mass is 35.5. The Hall–Kier alpha value is -0.360. The lowest BCUT2D eigenvalue weighted by Gasteiger charge is -2.13. The van der Waals surface area contributed by atoms with Gasteiger partial charge < -0.3 is 0 Å². The Kier molecular flexibility index (Phi) is 6.05. The second-order valence-corrected chi connectivity index (χ2v) is 7.41. The first-order valence-corrected chi connectivity index (χ1v) is 8.11. The number of sulfonamides is 1. The summed E-state index contributed by atoms with van der Waals surface area (Å²) in [6.07, 6.45) is 0.682.